The van der Waals surface area contributed by atoms with Crippen LogP contribution in [0, 0.1) is 0 Å². The molecule has 0 aromatic heterocycles. The van der Waals surface area contributed by atoms with Crippen LogP contribution in [-0.4, -0.2) is 40.5 Å². The van der Waals surface area contributed by atoms with E-state index in [1.165, 1.54) is 4.90 Å². The smallest absolute Gasteiger partial charge is 0.326 e. The van der Waals surface area contributed by atoms with Crippen LogP contribution in [0.2, 0.25) is 10.0 Å². The average molecular weight is 408 g/mol. The van der Waals surface area contributed by atoms with Crippen molar-refractivity contribution in [2.24, 2.45) is 5.73 Å². The van der Waals surface area contributed by atoms with Gasteiger partial charge in [-0.05, 0) is 30.2 Å². The van der Waals surface area contributed by atoms with E-state index >= 15 is 0 Å². The molecule has 0 radical (unpaired) electrons. The average Bonchev–Trinajstić information content (AvgIpc) is 3.02. The molecule has 27 heavy (non-hydrogen) atoms. The van der Waals surface area contributed by atoms with Gasteiger partial charge in [0, 0.05) is 18.3 Å². The summed E-state index contributed by atoms with van der Waals surface area (Å²) in [5.74, 6) is -1.32. The van der Waals surface area contributed by atoms with E-state index in [0.29, 0.717) is 27.0 Å². The zero-order valence-electron chi connectivity index (χ0n) is 14.4. The predicted octanol–water partition coefficient (Wildman–Crippen LogP) is 3.29. The molecule has 1 aliphatic rings. The largest absolute Gasteiger partial charge is 0.480 e. The summed E-state index contributed by atoms with van der Waals surface area (Å²) in [4.78, 5) is 25.5. The molecule has 3 rings (SSSR count). The molecule has 2 atom stereocenters. The minimum Gasteiger partial charge on any atom is -0.480 e. The molecule has 1 fully saturated rings. The number of carbonyl (C=O) groups is 2. The maximum atomic E-state index is 12.7. The summed E-state index contributed by atoms with van der Waals surface area (Å²) in [5.41, 5.74) is 7.79. The van der Waals surface area contributed by atoms with Crippen molar-refractivity contribution in [2.75, 3.05) is 11.9 Å². The molecule has 2 aromatic rings. The predicted molar refractivity (Wildman–Crippen MR) is 106 cm³/mol. The van der Waals surface area contributed by atoms with Gasteiger partial charge < -0.3 is 21.1 Å². The van der Waals surface area contributed by atoms with Gasteiger partial charge in [-0.2, -0.15) is 0 Å². The third-order valence-corrected chi connectivity index (χ3v) is 5.15. The van der Waals surface area contributed by atoms with Crippen LogP contribution in [0.1, 0.15) is 12.0 Å². The summed E-state index contributed by atoms with van der Waals surface area (Å²) in [7, 11) is 0. The van der Waals surface area contributed by atoms with Gasteiger partial charge in [-0.15, -0.1) is 0 Å². The first kappa shape index (κ1) is 19.5. The fraction of sp³-hybridized carbons (Fsp3) is 0.263. The molecule has 2 aromatic carbocycles. The zero-order chi connectivity index (χ0) is 19.6. The number of likely N-dealkylation sites (tertiary alicyclic amines) is 1. The number of carboxylic acids is 1. The Morgan fingerprint density at radius 2 is 1.81 bits per heavy atom. The van der Waals surface area contributed by atoms with Crippen LogP contribution >= 0.6 is 23.2 Å². The molecule has 6 nitrogen and oxygen atoms in total. The minimum atomic E-state index is -1.04. The highest BCUT2D eigenvalue weighted by Gasteiger charge is 2.38. The molecule has 1 saturated heterocycles. The second kappa shape index (κ2) is 8.17. The number of aliphatic carboxylic acids is 1. The number of anilines is 2. The summed E-state index contributed by atoms with van der Waals surface area (Å²) in [5, 5.41) is 13.4. The third kappa shape index (κ3) is 4.35. The fourth-order valence-electron chi connectivity index (χ4n) is 3.19. The quantitative estimate of drug-likeness (QED) is 0.706. The lowest BCUT2D eigenvalue weighted by Gasteiger charge is -2.22. The van der Waals surface area contributed by atoms with Crippen LogP contribution in [0.25, 0.3) is 0 Å². The van der Waals surface area contributed by atoms with Crippen LogP contribution in [0.5, 0.6) is 0 Å². The van der Waals surface area contributed by atoms with E-state index in [4.69, 9.17) is 28.9 Å². The maximum Gasteiger partial charge on any atom is 0.326 e. The van der Waals surface area contributed by atoms with Crippen LogP contribution in [0.3, 0.4) is 0 Å². The standard InChI is InChI=1S/C19H19Cl2N3O3/c20-13-5-3-6-14(21)18(13)23-15-7-2-1-4-11(15)8-17(25)24-10-12(22)9-16(24)19(26)27/h1-7,12,16,23H,8-10,22H2,(H,26,27)/t12-,16-/m0/s1. The Bertz CT molecular complexity index is 855. The first-order valence-electron chi connectivity index (χ1n) is 8.43. The van der Waals surface area contributed by atoms with Gasteiger partial charge in [0.05, 0.1) is 22.2 Å². The molecule has 1 amide bonds. The first-order valence-corrected chi connectivity index (χ1v) is 9.19. The number of nitrogens with one attached hydrogen (secondary N) is 1. The highest BCUT2D eigenvalue weighted by molar-refractivity contribution is 6.39. The third-order valence-electron chi connectivity index (χ3n) is 4.52. The van der Waals surface area contributed by atoms with Gasteiger partial charge in [-0.25, -0.2) is 4.79 Å². The van der Waals surface area contributed by atoms with E-state index in [9.17, 15) is 14.7 Å². The number of carbonyl (C=O) groups excluding carboxylic acids is 1. The number of rotatable bonds is 5. The SMILES string of the molecule is N[C@H]1C[C@@H](C(=O)O)N(C(=O)Cc2ccccc2Nc2c(Cl)cccc2Cl)C1. The summed E-state index contributed by atoms with van der Waals surface area (Å²) in [6.45, 7) is 0.238. The lowest BCUT2D eigenvalue weighted by molar-refractivity contribution is -0.147. The van der Waals surface area contributed by atoms with E-state index in [1.807, 2.05) is 18.2 Å². The molecule has 0 bridgehead atoms. The lowest BCUT2D eigenvalue weighted by Crippen LogP contribution is -2.41. The van der Waals surface area contributed by atoms with Crippen molar-refractivity contribution in [1.82, 2.24) is 4.90 Å². The van der Waals surface area contributed by atoms with E-state index in [-0.39, 0.29) is 31.3 Å². The summed E-state index contributed by atoms with van der Waals surface area (Å²) in [6.07, 6.45) is 0.304. The highest BCUT2D eigenvalue weighted by Crippen LogP contribution is 2.34. The minimum absolute atomic E-state index is 0.0434. The number of amides is 1. The fourth-order valence-corrected chi connectivity index (χ4v) is 3.68. The van der Waals surface area contributed by atoms with Crippen LogP contribution < -0.4 is 11.1 Å². The lowest BCUT2D eigenvalue weighted by atomic mass is 10.1. The molecule has 8 heteroatoms. The normalized spacial score (nSPS) is 19.1. The van der Waals surface area contributed by atoms with Crippen molar-refractivity contribution in [2.45, 2.75) is 24.9 Å². The van der Waals surface area contributed by atoms with Crippen LogP contribution in [0.4, 0.5) is 11.4 Å². The van der Waals surface area contributed by atoms with Gasteiger partial charge in [0.2, 0.25) is 5.91 Å². The number of nitrogens with zero attached hydrogens (tertiary/aromatic N) is 1. The molecule has 0 aliphatic carbocycles. The van der Waals surface area contributed by atoms with Gasteiger partial charge in [-0.3, -0.25) is 4.79 Å². The Morgan fingerprint density at radius 1 is 1.15 bits per heavy atom. The molecule has 1 heterocycles. The van der Waals surface area contributed by atoms with E-state index in [0.717, 1.165) is 0 Å². The Labute approximate surface area is 166 Å². The number of para-hydroxylation sites is 2. The summed E-state index contributed by atoms with van der Waals surface area (Å²) < 4.78 is 0. The van der Waals surface area contributed by atoms with Crippen molar-refractivity contribution in [3.05, 3.63) is 58.1 Å². The van der Waals surface area contributed by atoms with Gasteiger partial charge in [0.1, 0.15) is 6.04 Å². The van der Waals surface area contributed by atoms with Gasteiger partial charge >= 0.3 is 5.97 Å². The number of carboxylic acid groups (broad SMARTS) is 1. The number of nitrogens with two attached hydrogens (primary N) is 1. The molecule has 0 spiro atoms. The maximum absolute atomic E-state index is 12.7. The second-order valence-corrected chi connectivity index (χ2v) is 7.27. The Balaban J connectivity index is 1.82. The van der Waals surface area contributed by atoms with Crippen molar-refractivity contribution < 1.29 is 14.7 Å². The molecule has 0 saturated carbocycles. The Kier molecular flexibility index (Phi) is 5.89. The topological polar surface area (TPSA) is 95.7 Å². The van der Waals surface area contributed by atoms with Crippen molar-refractivity contribution in [1.29, 1.82) is 0 Å². The molecule has 0 unspecified atom stereocenters. The van der Waals surface area contributed by atoms with Crippen LogP contribution in [-0.2, 0) is 16.0 Å². The highest BCUT2D eigenvalue weighted by atomic mass is 35.5. The number of halogens is 2. The van der Waals surface area contributed by atoms with Crippen LogP contribution in [0.15, 0.2) is 42.5 Å². The van der Waals surface area contributed by atoms with Crippen molar-refractivity contribution in [3.8, 4) is 0 Å². The molecular formula is C19H19Cl2N3O3. The molecule has 142 valence electrons. The summed E-state index contributed by atoms with van der Waals surface area (Å²) >= 11 is 12.4. The van der Waals surface area contributed by atoms with Crippen molar-refractivity contribution >= 4 is 46.5 Å². The van der Waals surface area contributed by atoms with Crippen molar-refractivity contribution in [3.63, 3.8) is 0 Å². The zero-order valence-corrected chi connectivity index (χ0v) is 15.9. The number of benzene rings is 2. The number of hydrogen-bond acceptors (Lipinski definition) is 4. The van der Waals surface area contributed by atoms with Gasteiger partial charge in [-0.1, -0.05) is 47.5 Å². The van der Waals surface area contributed by atoms with E-state index in [1.54, 1.807) is 24.3 Å². The van der Waals surface area contributed by atoms with Gasteiger partial charge in [0.25, 0.3) is 0 Å². The van der Waals surface area contributed by atoms with E-state index < -0.39 is 12.0 Å². The monoisotopic (exact) mass is 407 g/mol. The molecule has 1 aliphatic heterocycles. The Morgan fingerprint density at radius 3 is 2.48 bits per heavy atom. The van der Waals surface area contributed by atoms with E-state index in [2.05, 4.69) is 5.32 Å². The summed E-state index contributed by atoms with van der Waals surface area (Å²) in [6, 6.07) is 11.2. The first-order chi connectivity index (χ1) is 12.9. The van der Waals surface area contributed by atoms with Gasteiger partial charge in [0.15, 0.2) is 0 Å². The number of hydrogen-bond donors (Lipinski definition) is 3. The molecular weight excluding hydrogens is 389 g/mol. The Hall–Kier alpha value is -2.28. The second-order valence-electron chi connectivity index (χ2n) is 6.45. The molecule has 4 N–H and O–H groups in total.